The highest BCUT2D eigenvalue weighted by Gasteiger charge is 2.25. The van der Waals surface area contributed by atoms with Crippen LogP contribution < -0.4 is 10.6 Å². The quantitative estimate of drug-likeness (QED) is 0.730. The SMILES string of the molecule is O=C(NC1CCCCNC1=O)c1ccccc1-c1nc(-c2ccccc2)no1. The third kappa shape index (κ3) is 3.78. The van der Waals surface area contributed by atoms with Crippen LogP contribution in [0.4, 0.5) is 0 Å². The van der Waals surface area contributed by atoms with Crippen molar-refractivity contribution in [2.45, 2.75) is 25.3 Å². The zero-order valence-corrected chi connectivity index (χ0v) is 15.2. The highest BCUT2D eigenvalue weighted by atomic mass is 16.5. The van der Waals surface area contributed by atoms with Crippen molar-refractivity contribution in [2.24, 2.45) is 0 Å². The van der Waals surface area contributed by atoms with Gasteiger partial charge in [-0.05, 0) is 31.4 Å². The number of carbonyl (C=O) groups excluding carboxylic acids is 2. The molecule has 1 unspecified atom stereocenters. The molecule has 1 aliphatic heterocycles. The van der Waals surface area contributed by atoms with Gasteiger partial charge in [0.15, 0.2) is 0 Å². The van der Waals surface area contributed by atoms with Crippen LogP contribution in [0.2, 0.25) is 0 Å². The summed E-state index contributed by atoms with van der Waals surface area (Å²) in [5.41, 5.74) is 1.75. The summed E-state index contributed by atoms with van der Waals surface area (Å²) < 4.78 is 5.41. The maximum Gasteiger partial charge on any atom is 0.259 e. The number of aromatic nitrogens is 2. The van der Waals surface area contributed by atoms with Crippen molar-refractivity contribution in [1.82, 2.24) is 20.8 Å². The standard InChI is InChI=1S/C21H20N4O3/c26-19(23-17-12-6-7-13-22-20(17)27)15-10-4-5-11-16(15)21-24-18(25-28-21)14-8-2-1-3-9-14/h1-5,8-11,17H,6-7,12-13H2,(H,22,27)(H,23,26). The predicted octanol–water partition coefficient (Wildman–Crippen LogP) is 2.80. The van der Waals surface area contributed by atoms with E-state index in [4.69, 9.17) is 4.52 Å². The van der Waals surface area contributed by atoms with Crippen LogP contribution in [0.5, 0.6) is 0 Å². The van der Waals surface area contributed by atoms with Crippen LogP contribution in [0.15, 0.2) is 59.1 Å². The van der Waals surface area contributed by atoms with Crippen LogP contribution in [0.25, 0.3) is 22.8 Å². The van der Waals surface area contributed by atoms with Gasteiger partial charge in [0.05, 0.1) is 11.1 Å². The normalized spacial score (nSPS) is 16.9. The fraction of sp³-hybridized carbons (Fsp3) is 0.238. The van der Waals surface area contributed by atoms with Gasteiger partial charge in [0, 0.05) is 12.1 Å². The Labute approximate surface area is 162 Å². The second kappa shape index (κ2) is 8.04. The van der Waals surface area contributed by atoms with Crippen molar-refractivity contribution in [1.29, 1.82) is 0 Å². The van der Waals surface area contributed by atoms with E-state index in [-0.39, 0.29) is 17.7 Å². The van der Waals surface area contributed by atoms with E-state index in [9.17, 15) is 9.59 Å². The molecule has 2 heterocycles. The van der Waals surface area contributed by atoms with Gasteiger partial charge in [0.1, 0.15) is 6.04 Å². The van der Waals surface area contributed by atoms with E-state index in [0.717, 1.165) is 18.4 Å². The summed E-state index contributed by atoms with van der Waals surface area (Å²) in [4.78, 5) is 29.4. The molecule has 2 amide bonds. The molecule has 7 heteroatoms. The van der Waals surface area contributed by atoms with E-state index in [0.29, 0.717) is 29.9 Å². The maximum absolute atomic E-state index is 12.9. The number of amides is 2. The maximum atomic E-state index is 12.9. The van der Waals surface area contributed by atoms with Gasteiger partial charge in [-0.1, -0.05) is 47.6 Å². The Kier molecular flexibility index (Phi) is 5.14. The van der Waals surface area contributed by atoms with Crippen LogP contribution in [0, 0.1) is 0 Å². The highest BCUT2D eigenvalue weighted by molar-refractivity contribution is 6.02. The molecule has 2 aromatic carbocycles. The van der Waals surface area contributed by atoms with Crippen LogP contribution in [-0.4, -0.2) is 34.5 Å². The van der Waals surface area contributed by atoms with Gasteiger partial charge in [-0.15, -0.1) is 0 Å². The van der Waals surface area contributed by atoms with Crippen LogP contribution >= 0.6 is 0 Å². The molecular formula is C21H20N4O3. The van der Waals surface area contributed by atoms with E-state index in [1.54, 1.807) is 24.3 Å². The minimum atomic E-state index is -0.536. The lowest BCUT2D eigenvalue weighted by Crippen LogP contribution is -2.45. The Morgan fingerprint density at radius 2 is 1.86 bits per heavy atom. The largest absolute Gasteiger partial charge is 0.354 e. The molecule has 0 bridgehead atoms. The number of rotatable bonds is 4. The molecule has 1 aliphatic rings. The Balaban J connectivity index is 1.59. The van der Waals surface area contributed by atoms with Crippen molar-refractivity contribution in [3.8, 4) is 22.8 Å². The summed E-state index contributed by atoms with van der Waals surface area (Å²) in [6.07, 6.45) is 2.42. The van der Waals surface area contributed by atoms with E-state index in [1.807, 2.05) is 30.3 Å². The van der Waals surface area contributed by atoms with E-state index in [2.05, 4.69) is 20.8 Å². The Morgan fingerprint density at radius 1 is 1.07 bits per heavy atom. The fourth-order valence-corrected chi connectivity index (χ4v) is 3.22. The van der Waals surface area contributed by atoms with Gasteiger partial charge in [-0.2, -0.15) is 4.98 Å². The average Bonchev–Trinajstić information content (AvgIpc) is 3.14. The van der Waals surface area contributed by atoms with Gasteiger partial charge in [0.25, 0.3) is 11.8 Å². The summed E-state index contributed by atoms with van der Waals surface area (Å²) in [6, 6.07) is 15.9. The number of hydrogen-bond acceptors (Lipinski definition) is 5. The average molecular weight is 376 g/mol. The molecule has 1 atom stereocenters. The highest BCUT2D eigenvalue weighted by Crippen LogP contribution is 2.25. The lowest BCUT2D eigenvalue weighted by atomic mass is 10.1. The molecular weight excluding hydrogens is 356 g/mol. The monoisotopic (exact) mass is 376 g/mol. The molecule has 1 aromatic heterocycles. The third-order valence-corrected chi connectivity index (χ3v) is 4.70. The van der Waals surface area contributed by atoms with Gasteiger partial charge in [-0.25, -0.2) is 0 Å². The van der Waals surface area contributed by atoms with E-state index >= 15 is 0 Å². The molecule has 2 N–H and O–H groups in total. The van der Waals surface area contributed by atoms with E-state index in [1.165, 1.54) is 0 Å². The van der Waals surface area contributed by atoms with Gasteiger partial charge < -0.3 is 15.2 Å². The van der Waals surface area contributed by atoms with Crippen molar-refractivity contribution in [2.75, 3.05) is 6.54 Å². The summed E-state index contributed by atoms with van der Waals surface area (Å²) in [7, 11) is 0. The molecule has 28 heavy (non-hydrogen) atoms. The first-order valence-electron chi connectivity index (χ1n) is 9.29. The number of benzene rings is 2. The zero-order chi connectivity index (χ0) is 19.3. The summed E-state index contributed by atoms with van der Waals surface area (Å²) >= 11 is 0. The van der Waals surface area contributed by atoms with Crippen LogP contribution in [0.3, 0.4) is 0 Å². The first-order valence-corrected chi connectivity index (χ1v) is 9.29. The van der Waals surface area contributed by atoms with Crippen LogP contribution in [-0.2, 0) is 4.79 Å². The Bertz CT molecular complexity index is 984. The predicted molar refractivity (Wildman–Crippen MR) is 103 cm³/mol. The number of nitrogens with zero attached hydrogens (tertiary/aromatic N) is 2. The number of carbonyl (C=O) groups is 2. The topological polar surface area (TPSA) is 97.1 Å². The number of nitrogens with one attached hydrogen (secondary N) is 2. The molecule has 0 spiro atoms. The van der Waals surface area contributed by atoms with Crippen molar-refractivity contribution >= 4 is 11.8 Å². The molecule has 7 nitrogen and oxygen atoms in total. The number of hydrogen-bond donors (Lipinski definition) is 2. The summed E-state index contributed by atoms with van der Waals surface area (Å²) in [6.45, 7) is 0.645. The molecule has 3 aromatic rings. The Hall–Kier alpha value is -3.48. The fourth-order valence-electron chi connectivity index (χ4n) is 3.22. The molecule has 142 valence electrons. The van der Waals surface area contributed by atoms with Gasteiger partial charge in [0.2, 0.25) is 11.7 Å². The molecule has 1 fully saturated rings. The second-order valence-electron chi connectivity index (χ2n) is 6.65. The van der Waals surface area contributed by atoms with E-state index < -0.39 is 6.04 Å². The van der Waals surface area contributed by atoms with Gasteiger partial charge >= 0.3 is 0 Å². The lowest BCUT2D eigenvalue weighted by Gasteiger charge is -2.16. The molecule has 0 radical (unpaired) electrons. The van der Waals surface area contributed by atoms with Crippen LogP contribution in [0.1, 0.15) is 29.6 Å². The first kappa shape index (κ1) is 17.9. The molecule has 0 saturated carbocycles. The molecule has 0 aliphatic carbocycles. The summed E-state index contributed by atoms with van der Waals surface area (Å²) in [5.74, 6) is 0.230. The van der Waals surface area contributed by atoms with Crippen molar-refractivity contribution in [3.63, 3.8) is 0 Å². The minimum Gasteiger partial charge on any atom is -0.354 e. The summed E-state index contributed by atoms with van der Waals surface area (Å²) in [5, 5.41) is 9.68. The smallest absolute Gasteiger partial charge is 0.259 e. The first-order chi connectivity index (χ1) is 13.7. The van der Waals surface area contributed by atoms with Crippen molar-refractivity contribution in [3.05, 3.63) is 60.2 Å². The van der Waals surface area contributed by atoms with Crippen molar-refractivity contribution < 1.29 is 14.1 Å². The zero-order valence-electron chi connectivity index (χ0n) is 15.2. The molecule has 4 rings (SSSR count). The second-order valence-corrected chi connectivity index (χ2v) is 6.65. The lowest BCUT2D eigenvalue weighted by molar-refractivity contribution is -0.122. The minimum absolute atomic E-state index is 0.146. The van der Waals surface area contributed by atoms with Gasteiger partial charge in [-0.3, -0.25) is 9.59 Å². The Morgan fingerprint density at radius 3 is 2.71 bits per heavy atom. The third-order valence-electron chi connectivity index (χ3n) is 4.70. The molecule has 1 saturated heterocycles.